The van der Waals surface area contributed by atoms with Gasteiger partial charge in [0, 0.05) is 27.4 Å². The molecule has 4 rings (SSSR count). The van der Waals surface area contributed by atoms with Gasteiger partial charge in [-0.3, -0.25) is 0 Å². The number of hydrogen-bond donors (Lipinski definition) is 1. The molecule has 9 heteroatoms. The molecule has 2 aromatic heterocycles. The van der Waals surface area contributed by atoms with E-state index in [1.165, 1.54) is 36.5 Å². The molecule has 4 nitrogen and oxygen atoms in total. The molecular weight excluding hydrogens is 565 g/mol. The van der Waals surface area contributed by atoms with Crippen LogP contribution < -0.4 is 4.74 Å². The van der Waals surface area contributed by atoms with E-state index in [9.17, 15) is 13.2 Å². The Bertz CT molecular complexity index is 1010. The summed E-state index contributed by atoms with van der Waals surface area (Å²) >= 11 is 6.41. The van der Waals surface area contributed by atoms with Crippen molar-refractivity contribution in [2.24, 2.45) is 0 Å². The molecular formula is C24H19Br2F3N2O2. The predicted octanol–water partition coefficient (Wildman–Crippen LogP) is 6.86. The van der Waals surface area contributed by atoms with Gasteiger partial charge in [0.25, 0.3) is 0 Å². The van der Waals surface area contributed by atoms with Crippen LogP contribution in [0.1, 0.15) is 11.1 Å². The summed E-state index contributed by atoms with van der Waals surface area (Å²) in [7, 11) is 0. The summed E-state index contributed by atoms with van der Waals surface area (Å²) in [6.45, 7) is 0.356. The maximum absolute atomic E-state index is 12.6. The number of benzene rings is 2. The molecule has 0 unspecified atom stereocenters. The van der Waals surface area contributed by atoms with Gasteiger partial charge in [0.05, 0.1) is 6.61 Å². The van der Waals surface area contributed by atoms with E-state index in [-0.39, 0.29) is 18.2 Å². The fourth-order valence-corrected chi connectivity index (χ4v) is 2.60. The molecule has 1 N–H and O–H groups in total. The first-order chi connectivity index (χ1) is 15.9. The lowest BCUT2D eigenvalue weighted by Crippen LogP contribution is -1.96. The normalized spacial score (nSPS) is 9.76. The third-order valence-electron chi connectivity index (χ3n) is 3.79. The Kier molecular flexibility index (Phi) is 11.6. The highest BCUT2D eigenvalue weighted by Crippen LogP contribution is 2.14. The van der Waals surface area contributed by atoms with E-state index in [2.05, 4.69) is 41.8 Å². The van der Waals surface area contributed by atoms with Crippen molar-refractivity contribution in [1.82, 2.24) is 9.97 Å². The van der Waals surface area contributed by atoms with Gasteiger partial charge in [0.15, 0.2) is 0 Å². The lowest BCUT2D eigenvalue weighted by Gasteiger charge is -2.04. The van der Waals surface area contributed by atoms with E-state index in [4.69, 9.17) is 9.84 Å². The smallest absolute Gasteiger partial charge is 0.213 e. The van der Waals surface area contributed by atoms with Gasteiger partial charge in [-0.15, -0.1) is 0 Å². The van der Waals surface area contributed by atoms with Crippen LogP contribution in [-0.4, -0.2) is 15.1 Å². The summed E-state index contributed by atoms with van der Waals surface area (Å²) in [6.07, 6.45) is 3.08. The van der Waals surface area contributed by atoms with Gasteiger partial charge >= 0.3 is 0 Å². The van der Waals surface area contributed by atoms with Crippen molar-refractivity contribution in [3.05, 3.63) is 123 Å². The molecule has 172 valence electrons. The molecule has 2 heterocycles. The van der Waals surface area contributed by atoms with Crippen LogP contribution >= 0.6 is 31.9 Å². The number of ether oxygens (including phenoxy) is 1. The quantitative estimate of drug-likeness (QED) is 0.267. The third kappa shape index (κ3) is 11.1. The Morgan fingerprint density at radius 1 is 0.667 bits per heavy atom. The highest BCUT2D eigenvalue weighted by Gasteiger charge is 1.97. The molecule has 0 atom stereocenters. The zero-order chi connectivity index (χ0) is 24.1. The van der Waals surface area contributed by atoms with Gasteiger partial charge in [-0.05, 0) is 85.5 Å². The number of aromatic nitrogens is 2. The van der Waals surface area contributed by atoms with Crippen LogP contribution in [0.5, 0.6) is 5.88 Å². The SMILES string of the molecule is Fc1ccc(Br)cn1.Fc1ccc(COc2ccc(Br)cn2)cc1.OCc1ccc(F)cc1. The molecule has 0 radical (unpaired) electrons. The van der Waals surface area contributed by atoms with Crippen LogP contribution in [-0.2, 0) is 13.2 Å². The van der Waals surface area contributed by atoms with Crippen LogP contribution in [0, 0.1) is 17.6 Å². The van der Waals surface area contributed by atoms with Crippen LogP contribution in [0.2, 0.25) is 0 Å². The number of rotatable bonds is 4. The first-order valence-corrected chi connectivity index (χ1v) is 11.1. The maximum Gasteiger partial charge on any atom is 0.213 e. The van der Waals surface area contributed by atoms with Gasteiger partial charge in [0.2, 0.25) is 11.8 Å². The van der Waals surface area contributed by atoms with Crippen LogP contribution in [0.3, 0.4) is 0 Å². The average Bonchev–Trinajstić information content (AvgIpc) is 2.83. The number of hydrogen-bond acceptors (Lipinski definition) is 4. The molecule has 0 aliphatic heterocycles. The van der Waals surface area contributed by atoms with Gasteiger partial charge in [-0.25, -0.2) is 18.7 Å². The van der Waals surface area contributed by atoms with Crippen molar-refractivity contribution in [1.29, 1.82) is 0 Å². The molecule has 0 aliphatic carbocycles. The highest BCUT2D eigenvalue weighted by molar-refractivity contribution is 9.10. The van der Waals surface area contributed by atoms with Crippen molar-refractivity contribution >= 4 is 31.9 Å². The molecule has 4 aromatic rings. The maximum atomic E-state index is 12.6. The minimum absolute atomic E-state index is 0.0275. The van der Waals surface area contributed by atoms with Crippen molar-refractivity contribution in [2.75, 3.05) is 0 Å². The van der Waals surface area contributed by atoms with Gasteiger partial charge < -0.3 is 9.84 Å². The Hall–Kier alpha value is -2.75. The topological polar surface area (TPSA) is 55.2 Å². The lowest BCUT2D eigenvalue weighted by molar-refractivity contribution is 0.281. The minimum atomic E-state index is -0.451. The van der Waals surface area contributed by atoms with E-state index in [0.717, 1.165) is 20.1 Å². The Labute approximate surface area is 206 Å². The molecule has 0 bridgehead atoms. The molecule has 0 spiro atoms. The van der Waals surface area contributed by atoms with E-state index < -0.39 is 5.95 Å². The fraction of sp³-hybridized carbons (Fsp3) is 0.0833. The van der Waals surface area contributed by atoms with Crippen molar-refractivity contribution in [3.63, 3.8) is 0 Å². The monoisotopic (exact) mass is 582 g/mol. The summed E-state index contributed by atoms with van der Waals surface area (Å²) in [5.74, 6) is -0.418. The average molecular weight is 584 g/mol. The van der Waals surface area contributed by atoms with E-state index >= 15 is 0 Å². The summed E-state index contributed by atoms with van der Waals surface area (Å²) in [4.78, 5) is 7.43. The Morgan fingerprint density at radius 2 is 1.18 bits per heavy atom. The summed E-state index contributed by atoms with van der Waals surface area (Å²) in [6, 6.07) is 18.5. The van der Waals surface area contributed by atoms with Crippen molar-refractivity contribution in [2.45, 2.75) is 13.2 Å². The fourth-order valence-electron chi connectivity index (χ4n) is 2.13. The number of aliphatic hydroxyl groups excluding tert-OH is 1. The van der Waals surface area contributed by atoms with E-state index in [1.54, 1.807) is 42.6 Å². The zero-order valence-electron chi connectivity index (χ0n) is 17.1. The second-order valence-corrected chi connectivity index (χ2v) is 8.14. The molecule has 0 fully saturated rings. The molecule has 2 aromatic carbocycles. The molecule has 0 saturated heterocycles. The largest absolute Gasteiger partial charge is 0.473 e. The van der Waals surface area contributed by atoms with Crippen molar-refractivity contribution in [3.8, 4) is 5.88 Å². The highest BCUT2D eigenvalue weighted by atomic mass is 79.9. The predicted molar refractivity (Wildman–Crippen MR) is 127 cm³/mol. The van der Waals surface area contributed by atoms with Crippen LogP contribution in [0.25, 0.3) is 0 Å². The first kappa shape index (κ1) is 26.5. The summed E-state index contributed by atoms with van der Waals surface area (Å²) in [5, 5.41) is 8.51. The minimum Gasteiger partial charge on any atom is -0.473 e. The molecule has 0 aliphatic rings. The van der Waals surface area contributed by atoms with Gasteiger partial charge in [0.1, 0.15) is 18.2 Å². The van der Waals surface area contributed by atoms with Crippen LogP contribution in [0.4, 0.5) is 13.2 Å². The Morgan fingerprint density at radius 3 is 1.61 bits per heavy atom. The van der Waals surface area contributed by atoms with Crippen LogP contribution in [0.15, 0.2) is 94.1 Å². The number of pyridine rings is 2. The van der Waals surface area contributed by atoms with E-state index in [1.807, 2.05) is 6.07 Å². The number of aliphatic hydroxyl groups is 1. The van der Waals surface area contributed by atoms with Gasteiger partial charge in [-0.1, -0.05) is 24.3 Å². The zero-order valence-corrected chi connectivity index (χ0v) is 20.3. The second kappa shape index (κ2) is 14.4. The summed E-state index contributed by atoms with van der Waals surface area (Å²) in [5.41, 5.74) is 1.64. The standard InChI is InChI=1S/C12H9BrFNO.C7H7FO.C5H3BrFN/c13-10-3-6-12(15-7-10)16-8-9-1-4-11(14)5-2-9;8-7-3-1-6(5-9)2-4-7;6-4-1-2-5(7)8-3-4/h1-7H,8H2;1-4,9H,5H2;1-3H. The third-order valence-corrected chi connectivity index (χ3v) is 4.73. The number of nitrogens with zero attached hydrogens (tertiary/aromatic N) is 2. The van der Waals surface area contributed by atoms with E-state index in [0.29, 0.717) is 12.5 Å². The lowest BCUT2D eigenvalue weighted by atomic mass is 10.2. The molecule has 0 saturated carbocycles. The molecule has 0 amide bonds. The first-order valence-electron chi connectivity index (χ1n) is 9.47. The second-order valence-electron chi connectivity index (χ2n) is 6.31. The van der Waals surface area contributed by atoms with Crippen molar-refractivity contribution < 1.29 is 23.0 Å². The molecule has 33 heavy (non-hydrogen) atoms. The van der Waals surface area contributed by atoms with Gasteiger partial charge in [-0.2, -0.15) is 4.39 Å². The summed E-state index contributed by atoms with van der Waals surface area (Å²) < 4.78 is 43.9. The Balaban J connectivity index is 0.000000192. The number of halogens is 5.